The Bertz CT molecular complexity index is 730. The zero-order valence-electron chi connectivity index (χ0n) is 14.4. The number of rotatable bonds is 7. The van der Waals surface area contributed by atoms with Crippen molar-refractivity contribution in [1.29, 1.82) is 0 Å². The van der Waals surface area contributed by atoms with Crippen LogP contribution in [0.2, 0.25) is 0 Å². The maximum absolute atomic E-state index is 12.4. The van der Waals surface area contributed by atoms with Gasteiger partial charge in [-0.1, -0.05) is 36.4 Å². The van der Waals surface area contributed by atoms with E-state index in [0.29, 0.717) is 17.1 Å². The van der Waals surface area contributed by atoms with E-state index in [-0.39, 0.29) is 12.3 Å². The van der Waals surface area contributed by atoms with Gasteiger partial charge >= 0.3 is 5.97 Å². The van der Waals surface area contributed by atoms with Crippen molar-refractivity contribution < 1.29 is 23.8 Å². The highest BCUT2D eigenvalue weighted by molar-refractivity contribution is 5.86. The van der Waals surface area contributed by atoms with E-state index in [0.717, 1.165) is 5.56 Å². The summed E-state index contributed by atoms with van der Waals surface area (Å²) in [6.45, 7) is 0. The summed E-state index contributed by atoms with van der Waals surface area (Å²) in [6, 6.07) is 13.3. The number of hydrogen-bond acceptors (Lipinski definition) is 5. The van der Waals surface area contributed by atoms with Gasteiger partial charge in [0.05, 0.1) is 27.8 Å². The molecular weight excluding hydrogens is 322 g/mol. The molecule has 1 unspecified atom stereocenters. The van der Waals surface area contributed by atoms with E-state index in [4.69, 9.17) is 14.2 Å². The molecule has 0 aliphatic carbocycles. The summed E-state index contributed by atoms with van der Waals surface area (Å²) in [6.07, 6.45) is 0.0979. The van der Waals surface area contributed by atoms with Gasteiger partial charge in [0.25, 0.3) is 0 Å². The van der Waals surface area contributed by atoms with Gasteiger partial charge in [0.2, 0.25) is 5.91 Å². The Balaban J connectivity index is 2.13. The first-order valence-corrected chi connectivity index (χ1v) is 7.72. The molecule has 1 atom stereocenters. The Hall–Kier alpha value is -3.02. The molecule has 2 rings (SSSR count). The van der Waals surface area contributed by atoms with Crippen LogP contribution in [-0.4, -0.2) is 33.2 Å². The number of hydrogen-bond donors (Lipinski definition) is 1. The van der Waals surface area contributed by atoms with Crippen molar-refractivity contribution in [2.45, 2.75) is 12.5 Å². The van der Waals surface area contributed by atoms with E-state index in [1.807, 2.05) is 6.07 Å². The smallest absolute Gasteiger partial charge is 0.333 e. The molecule has 0 bridgehead atoms. The van der Waals surface area contributed by atoms with E-state index in [1.165, 1.54) is 14.2 Å². The minimum absolute atomic E-state index is 0.0979. The minimum atomic E-state index is -0.848. The molecule has 132 valence electrons. The monoisotopic (exact) mass is 343 g/mol. The van der Waals surface area contributed by atoms with Crippen molar-refractivity contribution in [2.24, 2.45) is 0 Å². The molecule has 2 aromatic carbocycles. The molecule has 0 saturated carbocycles. The Morgan fingerprint density at radius 3 is 2.24 bits per heavy atom. The van der Waals surface area contributed by atoms with E-state index in [1.54, 1.807) is 49.6 Å². The number of methoxy groups -OCH3 is 3. The number of nitrogens with one attached hydrogen (secondary N) is 1. The van der Waals surface area contributed by atoms with Crippen LogP contribution in [0.4, 0.5) is 0 Å². The summed E-state index contributed by atoms with van der Waals surface area (Å²) in [7, 11) is 4.37. The third-order valence-electron chi connectivity index (χ3n) is 3.69. The van der Waals surface area contributed by atoms with Crippen LogP contribution in [0.3, 0.4) is 0 Å². The molecule has 0 aliphatic heterocycles. The lowest BCUT2D eigenvalue weighted by Crippen LogP contribution is -2.35. The van der Waals surface area contributed by atoms with E-state index in [9.17, 15) is 9.59 Å². The van der Waals surface area contributed by atoms with Gasteiger partial charge in [-0.15, -0.1) is 0 Å². The molecule has 0 spiro atoms. The lowest BCUT2D eigenvalue weighted by Gasteiger charge is -2.17. The van der Waals surface area contributed by atoms with Crippen molar-refractivity contribution >= 4 is 11.9 Å². The van der Waals surface area contributed by atoms with Crippen LogP contribution in [0.1, 0.15) is 17.2 Å². The Kier molecular flexibility index (Phi) is 6.39. The number of esters is 1. The van der Waals surface area contributed by atoms with Crippen molar-refractivity contribution in [3.05, 3.63) is 59.7 Å². The van der Waals surface area contributed by atoms with Gasteiger partial charge in [-0.2, -0.15) is 0 Å². The third kappa shape index (κ3) is 4.73. The first-order valence-electron chi connectivity index (χ1n) is 7.72. The fourth-order valence-electron chi connectivity index (χ4n) is 2.43. The number of benzene rings is 2. The van der Waals surface area contributed by atoms with Crippen LogP contribution in [-0.2, 0) is 20.7 Å². The van der Waals surface area contributed by atoms with Gasteiger partial charge in [0, 0.05) is 0 Å². The van der Waals surface area contributed by atoms with Crippen molar-refractivity contribution in [1.82, 2.24) is 5.32 Å². The second-order valence-electron chi connectivity index (χ2n) is 5.30. The van der Waals surface area contributed by atoms with E-state index >= 15 is 0 Å². The molecule has 0 aliphatic rings. The van der Waals surface area contributed by atoms with Crippen molar-refractivity contribution in [3.8, 4) is 11.5 Å². The molecule has 6 heteroatoms. The molecule has 6 nitrogen and oxygen atoms in total. The Morgan fingerprint density at radius 2 is 1.64 bits per heavy atom. The van der Waals surface area contributed by atoms with Crippen LogP contribution in [0.25, 0.3) is 0 Å². The zero-order valence-corrected chi connectivity index (χ0v) is 14.4. The lowest BCUT2D eigenvalue weighted by atomic mass is 10.1. The fraction of sp³-hybridized carbons (Fsp3) is 0.263. The van der Waals surface area contributed by atoms with Crippen LogP contribution < -0.4 is 14.8 Å². The minimum Gasteiger partial charge on any atom is -0.493 e. The first kappa shape index (κ1) is 18.3. The predicted molar refractivity (Wildman–Crippen MR) is 92.6 cm³/mol. The SMILES string of the molecule is COC(=O)C(NC(=O)Cc1ccc(OC)c(OC)c1)c1ccccc1. The fourth-order valence-corrected chi connectivity index (χ4v) is 2.43. The summed E-state index contributed by atoms with van der Waals surface area (Å²) in [4.78, 5) is 24.4. The second kappa shape index (κ2) is 8.73. The third-order valence-corrected chi connectivity index (χ3v) is 3.69. The average molecular weight is 343 g/mol. The Morgan fingerprint density at radius 1 is 0.960 bits per heavy atom. The topological polar surface area (TPSA) is 73.9 Å². The Labute approximate surface area is 146 Å². The average Bonchev–Trinajstić information content (AvgIpc) is 2.66. The summed E-state index contributed by atoms with van der Waals surface area (Å²) >= 11 is 0. The normalized spacial score (nSPS) is 11.3. The molecule has 1 N–H and O–H groups in total. The zero-order chi connectivity index (χ0) is 18.2. The highest BCUT2D eigenvalue weighted by atomic mass is 16.5. The standard InChI is InChI=1S/C19H21NO5/c1-23-15-10-9-13(11-16(15)24-2)12-17(21)20-18(19(22)25-3)14-7-5-4-6-8-14/h4-11,18H,12H2,1-3H3,(H,20,21). The van der Waals surface area contributed by atoms with Gasteiger partial charge < -0.3 is 19.5 Å². The van der Waals surface area contributed by atoms with Crippen LogP contribution in [0.15, 0.2) is 48.5 Å². The maximum Gasteiger partial charge on any atom is 0.333 e. The van der Waals surface area contributed by atoms with Crippen LogP contribution >= 0.6 is 0 Å². The van der Waals surface area contributed by atoms with E-state index in [2.05, 4.69) is 5.32 Å². The maximum atomic E-state index is 12.4. The highest BCUT2D eigenvalue weighted by Gasteiger charge is 2.23. The number of carbonyl (C=O) groups is 2. The summed E-state index contributed by atoms with van der Waals surface area (Å²) in [5.74, 6) is 0.307. The molecule has 0 saturated heterocycles. The molecule has 0 heterocycles. The lowest BCUT2D eigenvalue weighted by molar-refractivity contribution is -0.145. The van der Waals surface area contributed by atoms with Crippen LogP contribution in [0.5, 0.6) is 11.5 Å². The number of carbonyl (C=O) groups excluding carboxylic acids is 2. The molecular formula is C19H21NO5. The number of ether oxygens (including phenoxy) is 3. The van der Waals surface area contributed by atoms with Gasteiger partial charge in [0.15, 0.2) is 17.5 Å². The molecule has 0 fully saturated rings. The van der Waals surface area contributed by atoms with Gasteiger partial charge in [-0.25, -0.2) is 4.79 Å². The largest absolute Gasteiger partial charge is 0.493 e. The molecule has 0 aromatic heterocycles. The van der Waals surface area contributed by atoms with Gasteiger partial charge in [-0.05, 0) is 23.3 Å². The van der Waals surface area contributed by atoms with Gasteiger partial charge in [-0.3, -0.25) is 4.79 Å². The summed E-state index contributed by atoms with van der Waals surface area (Å²) in [5.41, 5.74) is 1.40. The van der Waals surface area contributed by atoms with Crippen LogP contribution in [0, 0.1) is 0 Å². The number of amides is 1. The predicted octanol–water partition coefficient (Wildman–Crippen LogP) is 2.28. The highest BCUT2D eigenvalue weighted by Crippen LogP contribution is 2.27. The summed E-state index contributed by atoms with van der Waals surface area (Å²) in [5, 5.41) is 2.71. The molecule has 0 radical (unpaired) electrons. The van der Waals surface area contributed by atoms with E-state index < -0.39 is 12.0 Å². The first-order chi connectivity index (χ1) is 12.1. The summed E-state index contributed by atoms with van der Waals surface area (Å²) < 4.78 is 15.2. The molecule has 25 heavy (non-hydrogen) atoms. The second-order valence-corrected chi connectivity index (χ2v) is 5.30. The van der Waals surface area contributed by atoms with Gasteiger partial charge in [0.1, 0.15) is 0 Å². The molecule has 2 aromatic rings. The van der Waals surface area contributed by atoms with Crippen molar-refractivity contribution in [2.75, 3.05) is 21.3 Å². The quantitative estimate of drug-likeness (QED) is 0.781. The van der Waals surface area contributed by atoms with Crippen molar-refractivity contribution in [3.63, 3.8) is 0 Å². The molecule has 1 amide bonds.